The monoisotopic (exact) mass is 260 g/mol. The predicted octanol–water partition coefficient (Wildman–Crippen LogP) is 2.38. The topological polar surface area (TPSA) is 35.5 Å². The number of aromatic hydroxyl groups is 1. The van der Waals surface area contributed by atoms with E-state index < -0.39 is 0 Å². The SMILES string of the molecule is CCC1C2CNCC2CN1C(C)c1ccc(O)cc1. The number of hydrogen-bond acceptors (Lipinski definition) is 3. The lowest BCUT2D eigenvalue weighted by Gasteiger charge is -2.32. The van der Waals surface area contributed by atoms with E-state index in [1.54, 1.807) is 12.1 Å². The number of phenols is 1. The lowest BCUT2D eigenvalue weighted by Crippen LogP contribution is -2.36. The standard InChI is InChI=1S/C16H24N2O/c1-3-16-15-9-17-8-13(15)10-18(16)11(2)12-4-6-14(19)7-5-12/h4-7,11,13,15-17,19H,3,8-10H2,1-2H3. The van der Waals surface area contributed by atoms with Crippen LogP contribution in [0.5, 0.6) is 5.75 Å². The highest BCUT2D eigenvalue weighted by atomic mass is 16.3. The Kier molecular flexibility index (Phi) is 3.50. The Hall–Kier alpha value is -1.06. The van der Waals surface area contributed by atoms with E-state index in [9.17, 15) is 5.11 Å². The van der Waals surface area contributed by atoms with Gasteiger partial charge in [-0.25, -0.2) is 0 Å². The molecule has 2 aliphatic rings. The quantitative estimate of drug-likeness (QED) is 0.876. The van der Waals surface area contributed by atoms with E-state index in [1.165, 1.54) is 31.6 Å². The first-order valence-electron chi connectivity index (χ1n) is 7.46. The number of nitrogens with zero attached hydrogens (tertiary/aromatic N) is 1. The van der Waals surface area contributed by atoms with E-state index in [4.69, 9.17) is 0 Å². The van der Waals surface area contributed by atoms with Gasteiger partial charge in [0.05, 0.1) is 0 Å². The zero-order valence-electron chi connectivity index (χ0n) is 11.8. The van der Waals surface area contributed by atoms with Crippen LogP contribution >= 0.6 is 0 Å². The van der Waals surface area contributed by atoms with Crippen molar-refractivity contribution in [1.29, 1.82) is 0 Å². The second-order valence-electron chi connectivity index (χ2n) is 6.02. The fourth-order valence-electron chi connectivity index (χ4n) is 3.98. The first kappa shape index (κ1) is 12.9. The molecule has 0 radical (unpaired) electrons. The van der Waals surface area contributed by atoms with Crippen molar-refractivity contribution in [3.8, 4) is 5.75 Å². The highest BCUT2D eigenvalue weighted by molar-refractivity contribution is 5.28. The predicted molar refractivity (Wildman–Crippen MR) is 77.2 cm³/mol. The maximum absolute atomic E-state index is 9.41. The van der Waals surface area contributed by atoms with Crippen LogP contribution in [0.4, 0.5) is 0 Å². The summed E-state index contributed by atoms with van der Waals surface area (Å²) in [5.41, 5.74) is 1.31. The van der Waals surface area contributed by atoms with Gasteiger partial charge in [-0.1, -0.05) is 19.1 Å². The fourth-order valence-corrected chi connectivity index (χ4v) is 3.98. The Balaban J connectivity index is 1.79. The second-order valence-corrected chi connectivity index (χ2v) is 6.02. The molecule has 104 valence electrons. The summed E-state index contributed by atoms with van der Waals surface area (Å²) in [6.45, 7) is 8.17. The second kappa shape index (κ2) is 5.14. The smallest absolute Gasteiger partial charge is 0.115 e. The zero-order valence-corrected chi connectivity index (χ0v) is 11.8. The molecule has 3 rings (SSSR count). The molecule has 2 heterocycles. The molecule has 0 bridgehead atoms. The molecule has 0 saturated carbocycles. The minimum atomic E-state index is 0.352. The molecule has 4 unspecified atom stereocenters. The van der Waals surface area contributed by atoms with Crippen LogP contribution in [0.1, 0.15) is 31.9 Å². The Morgan fingerprint density at radius 3 is 2.74 bits per heavy atom. The van der Waals surface area contributed by atoms with Gasteiger partial charge in [-0.15, -0.1) is 0 Å². The van der Waals surface area contributed by atoms with Crippen LogP contribution in [0.3, 0.4) is 0 Å². The lowest BCUT2D eigenvalue weighted by molar-refractivity contribution is 0.165. The fraction of sp³-hybridized carbons (Fsp3) is 0.625. The van der Waals surface area contributed by atoms with E-state index >= 15 is 0 Å². The van der Waals surface area contributed by atoms with Crippen LogP contribution in [0.2, 0.25) is 0 Å². The molecule has 0 aromatic heterocycles. The molecule has 19 heavy (non-hydrogen) atoms. The first-order valence-corrected chi connectivity index (χ1v) is 7.46. The van der Waals surface area contributed by atoms with Crippen molar-refractivity contribution in [2.24, 2.45) is 11.8 Å². The van der Waals surface area contributed by atoms with Crippen molar-refractivity contribution in [1.82, 2.24) is 10.2 Å². The molecule has 1 aromatic rings. The molecule has 1 aromatic carbocycles. The molecular formula is C16H24N2O. The molecule has 2 saturated heterocycles. The van der Waals surface area contributed by atoms with Gasteiger partial charge in [0.1, 0.15) is 5.75 Å². The first-order chi connectivity index (χ1) is 9.20. The summed E-state index contributed by atoms with van der Waals surface area (Å²) in [5, 5.41) is 12.9. The minimum Gasteiger partial charge on any atom is -0.508 e. The van der Waals surface area contributed by atoms with Gasteiger partial charge < -0.3 is 10.4 Å². The number of phenolic OH excluding ortho intramolecular Hbond substituents is 1. The highest BCUT2D eigenvalue weighted by Gasteiger charge is 2.44. The van der Waals surface area contributed by atoms with Gasteiger partial charge in [-0.3, -0.25) is 4.90 Å². The van der Waals surface area contributed by atoms with E-state index in [0.717, 1.165) is 11.8 Å². The summed E-state index contributed by atoms with van der Waals surface area (Å²) in [7, 11) is 0. The maximum atomic E-state index is 9.41. The van der Waals surface area contributed by atoms with Crippen LogP contribution in [-0.4, -0.2) is 35.7 Å². The Morgan fingerprint density at radius 2 is 2.05 bits per heavy atom. The molecule has 2 N–H and O–H groups in total. The van der Waals surface area contributed by atoms with Crippen molar-refractivity contribution >= 4 is 0 Å². The van der Waals surface area contributed by atoms with Crippen LogP contribution in [0.15, 0.2) is 24.3 Å². The van der Waals surface area contributed by atoms with Crippen molar-refractivity contribution in [3.05, 3.63) is 29.8 Å². The molecule has 3 heteroatoms. The summed E-state index contributed by atoms with van der Waals surface area (Å²) in [5.74, 6) is 2.00. The van der Waals surface area contributed by atoms with Crippen molar-refractivity contribution < 1.29 is 5.11 Å². The number of benzene rings is 1. The van der Waals surface area contributed by atoms with Crippen LogP contribution in [0.25, 0.3) is 0 Å². The van der Waals surface area contributed by atoms with E-state index in [2.05, 4.69) is 36.2 Å². The van der Waals surface area contributed by atoms with Crippen molar-refractivity contribution in [2.75, 3.05) is 19.6 Å². The molecule has 0 amide bonds. The van der Waals surface area contributed by atoms with Crippen LogP contribution in [-0.2, 0) is 0 Å². The number of nitrogens with one attached hydrogen (secondary N) is 1. The van der Waals surface area contributed by atoms with Gasteiger partial charge in [0.15, 0.2) is 0 Å². The Labute approximate surface area is 115 Å². The van der Waals surface area contributed by atoms with Gasteiger partial charge in [0.25, 0.3) is 0 Å². The zero-order chi connectivity index (χ0) is 13.4. The number of fused-ring (bicyclic) bond motifs is 1. The highest BCUT2D eigenvalue weighted by Crippen LogP contribution is 2.39. The van der Waals surface area contributed by atoms with Crippen molar-refractivity contribution in [3.63, 3.8) is 0 Å². The average molecular weight is 260 g/mol. The van der Waals surface area contributed by atoms with E-state index in [0.29, 0.717) is 17.8 Å². The molecule has 0 aliphatic carbocycles. The lowest BCUT2D eigenvalue weighted by atomic mass is 9.92. The molecule has 0 spiro atoms. The maximum Gasteiger partial charge on any atom is 0.115 e. The number of likely N-dealkylation sites (tertiary alicyclic amines) is 1. The van der Waals surface area contributed by atoms with Crippen LogP contribution < -0.4 is 5.32 Å². The third-order valence-corrected chi connectivity index (χ3v) is 5.05. The Bertz CT molecular complexity index is 431. The van der Waals surface area contributed by atoms with Gasteiger partial charge in [0, 0.05) is 18.6 Å². The summed E-state index contributed by atoms with van der Waals surface area (Å²) in [6, 6.07) is 8.84. The van der Waals surface area contributed by atoms with Crippen molar-refractivity contribution in [2.45, 2.75) is 32.4 Å². The molecule has 2 aliphatic heterocycles. The Morgan fingerprint density at radius 1 is 1.32 bits per heavy atom. The molecule has 2 fully saturated rings. The molecule has 3 nitrogen and oxygen atoms in total. The van der Waals surface area contributed by atoms with E-state index in [1.807, 2.05) is 0 Å². The molecule has 4 atom stereocenters. The summed E-state index contributed by atoms with van der Waals surface area (Å²) < 4.78 is 0. The summed E-state index contributed by atoms with van der Waals surface area (Å²) in [6.07, 6.45) is 1.23. The molecular weight excluding hydrogens is 236 g/mol. The normalized spacial score (nSPS) is 32.4. The summed E-state index contributed by atoms with van der Waals surface area (Å²) in [4.78, 5) is 2.67. The van der Waals surface area contributed by atoms with Gasteiger partial charge in [0.2, 0.25) is 0 Å². The van der Waals surface area contributed by atoms with E-state index in [-0.39, 0.29) is 0 Å². The summed E-state index contributed by atoms with van der Waals surface area (Å²) >= 11 is 0. The third-order valence-electron chi connectivity index (χ3n) is 5.05. The van der Waals surface area contributed by atoms with Crippen LogP contribution in [0, 0.1) is 11.8 Å². The number of rotatable bonds is 3. The minimum absolute atomic E-state index is 0.352. The van der Waals surface area contributed by atoms with Gasteiger partial charge in [-0.05, 0) is 56.0 Å². The van der Waals surface area contributed by atoms with Gasteiger partial charge >= 0.3 is 0 Å². The third kappa shape index (κ3) is 2.26. The van der Waals surface area contributed by atoms with Gasteiger partial charge in [-0.2, -0.15) is 0 Å². The average Bonchev–Trinajstić information content (AvgIpc) is 2.98. The number of hydrogen-bond donors (Lipinski definition) is 2. The largest absolute Gasteiger partial charge is 0.508 e.